The Hall–Kier alpha value is -1.44. The lowest BCUT2D eigenvalue weighted by Gasteiger charge is -2.24. The molecule has 0 amide bonds. The van der Waals surface area contributed by atoms with E-state index in [9.17, 15) is 0 Å². The molecular weight excluding hydrogens is 176 g/mol. The maximum atomic E-state index is 8.89. The van der Waals surface area contributed by atoms with E-state index in [0.717, 1.165) is 25.2 Å². The van der Waals surface area contributed by atoms with Gasteiger partial charge in [0.1, 0.15) is 11.8 Å². The molecule has 1 fully saturated rings. The Balaban J connectivity index is 2.26. The van der Waals surface area contributed by atoms with E-state index < -0.39 is 0 Å². The number of hydrogen-bond donors (Lipinski definition) is 2. The first-order chi connectivity index (χ1) is 6.92. The lowest BCUT2D eigenvalue weighted by Crippen LogP contribution is -2.42. The molecule has 0 radical (unpaired) electrons. The lowest BCUT2D eigenvalue weighted by atomic mass is 10.0. The van der Waals surface area contributed by atoms with Gasteiger partial charge in [-0.3, -0.25) is 0 Å². The minimum atomic E-state index is 0.215. The van der Waals surface area contributed by atoms with Gasteiger partial charge in [0.25, 0.3) is 0 Å². The normalized spacial score (nSPS) is 21.5. The van der Waals surface area contributed by atoms with Gasteiger partial charge in [0.2, 0.25) is 0 Å². The summed E-state index contributed by atoms with van der Waals surface area (Å²) < 4.78 is 0. The average Bonchev–Trinajstić information content (AvgIpc) is 2.30. The monoisotopic (exact) mass is 188 g/mol. The average molecular weight is 188 g/mol. The van der Waals surface area contributed by atoms with Gasteiger partial charge in [-0.1, -0.05) is 6.07 Å². The van der Waals surface area contributed by atoms with Crippen LogP contribution in [0.15, 0.2) is 18.3 Å². The second-order valence-corrected chi connectivity index (χ2v) is 3.26. The van der Waals surface area contributed by atoms with Crippen molar-refractivity contribution in [1.82, 2.24) is 15.6 Å². The van der Waals surface area contributed by atoms with Crippen molar-refractivity contribution >= 4 is 0 Å². The standard InChI is InChI=1S/C10H12N4/c11-6-9-8(2-1-3-13-9)10-7-12-4-5-14-10/h1-3,10,12,14H,4-5,7H2/t10-/m1/s1. The molecule has 0 saturated carbocycles. The largest absolute Gasteiger partial charge is 0.314 e. The second-order valence-electron chi connectivity index (χ2n) is 3.26. The molecule has 0 unspecified atom stereocenters. The Morgan fingerprint density at radius 1 is 1.50 bits per heavy atom. The molecule has 0 aliphatic carbocycles. The molecular formula is C10H12N4. The number of nitriles is 1. The quantitative estimate of drug-likeness (QED) is 0.660. The van der Waals surface area contributed by atoms with Crippen LogP contribution in [0.1, 0.15) is 17.3 Å². The Morgan fingerprint density at radius 2 is 2.43 bits per heavy atom. The van der Waals surface area contributed by atoms with Crippen molar-refractivity contribution in [2.45, 2.75) is 6.04 Å². The van der Waals surface area contributed by atoms with Crippen LogP contribution in [-0.2, 0) is 0 Å². The first kappa shape index (κ1) is 9.13. The third kappa shape index (κ3) is 1.74. The summed E-state index contributed by atoms with van der Waals surface area (Å²) in [5, 5.41) is 15.5. The Labute approximate surface area is 83.0 Å². The van der Waals surface area contributed by atoms with E-state index in [-0.39, 0.29) is 6.04 Å². The zero-order valence-electron chi connectivity index (χ0n) is 7.83. The summed E-state index contributed by atoms with van der Waals surface area (Å²) in [7, 11) is 0. The molecule has 1 aliphatic rings. The smallest absolute Gasteiger partial charge is 0.145 e. The molecule has 4 nitrogen and oxygen atoms in total. The van der Waals surface area contributed by atoms with E-state index in [2.05, 4.69) is 21.7 Å². The van der Waals surface area contributed by atoms with Crippen LogP contribution in [0.3, 0.4) is 0 Å². The molecule has 1 aromatic heterocycles. The predicted molar refractivity (Wildman–Crippen MR) is 52.6 cm³/mol. The number of aromatic nitrogens is 1. The van der Waals surface area contributed by atoms with Gasteiger partial charge >= 0.3 is 0 Å². The molecule has 0 spiro atoms. The van der Waals surface area contributed by atoms with Crippen molar-refractivity contribution in [2.75, 3.05) is 19.6 Å². The summed E-state index contributed by atoms with van der Waals surface area (Å²) in [6.07, 6.45) is 1.65. The molecule has 72 valence electrons. The van der Waals surface area contributed by atoms with Crippen LogP contribution < -0.4 is 10.6 Å². The molecule has 0 bridgehead atoms. The van der Waals surface area contributed by atoms with Gasteiger partial charge in [-0.25, -0.2) is 4.98 Å². The number of pyridine rings is 1. The van der Waals surface area contributed by atoms with Crippen molar-refractivity contribution < 1.29 is 0 Å². The number of nitrogens with one attached hydrogen (secondary N) is 2. The summed E-state index contributed by atoms with van der Waals surface area (Å²) in [6.45, 7) is 2.78. The van der Waals surface area contributed by atoms with Crippen LogP contribution in [0.5, 0.6) is 0 Å². The molecule has 2 heterocycles. The zero-order chi connectivity index (χ0) is 9.80. The minimum absolute atomic E-state index is 0.215. The fourth-order valence-electron chi connectivity index (χ4n) is 1.67. The third-order valence-corrected chi connectivity index (χ3v) is 2.36. The van der Waals surface area contributed by atoms with E-state index in [1.807, 2.05) is 12.1 Å². The van der Waals surface area contributed by atoms with Gasteiger partial charge in [-0.2, -0.15) is 5.26 Å². The summed E-state index contributed by atoms with van der Waals surface area (Å²) in [5.41, 5.74) is 1.51. The van der Waals surface area contributed by atoms with Crippen molar-refractivity contribution in [3.8, 4) is 6.07 Å². The van der Waals surface area contributed by atoms with E-state index in [4.69, 9.17) is 5.26 Å². The molecule has 1 atom stereocenters. The van der Waals surface area contributed by atoms with Gasteiger partial charge in [-0.15, -0.1) is 0 Å². The van der Waals surface area contributed by atoms with Crippen LogP contribution in [0.2, 0.25) is 0 Å². The number of piperazine rings is 1. The molecule has 4 heteroatoms. The van der Waals surface area contributed by atoms with Gasteiger partial charge in [-0.05, 0) is 6.07 Å². The lowest BCUT2D eigenvalue weighted by molar-refractivity contribution is 0.429. The van der Waals surface area contributed by atoms with E-state index in [0.29, 0.717) is 5.69 Å². The first-order valence-corrected chi connectivity index (χ1v) is 4.71. The molecule has 1 saturated heterocycles. The van der Waals surface area contributed by atoms with Crippen LogP contribution in [0.25, 0.3) is 0 Å². The number of nitrogens with zero attached hydrogens (tertiary/aromatic N) is 2. The number of rotatable bonds is 1. The van der Waals surface area contributed by atoms with Gasteiger partial charge < -0.3 is 10.6 Å². The van der Waals surface area contributed by atoms with E-state index in [1.165, 1.54) is 0 Å². The molecule has 1 aromatic rings. The summed E-state index contributed by atoms with van der Waals surface area (Å²) in [5.74, 6) is 0. The minimum Gasteiger partial charge on any atom is -0.314 e. The maximum absolute atomic E-state index is 8.89. The fourth-order valence-corrected chi connectivity index (χ4v) is 1.67. The topological polar surface area (TPSA) is 60.7 Å². The first-order valence-electron chi connectivity index (χ1n) is 4.71. The SMILES string of the molecule is N#Cc1ncccc1[C@H]1CNCCN1. The highest BCUT2D eigenvalue weighted by molar-refractivity contribution is 5.33. The van der Waals surface area contributed by atoms with Gasteiger partial charge in [0.05, 0.1) is 0 Å². The van der Waals surface area contributed by atoms with Crippen molar-refractivity contribution in [3.63, 3.8) is 0 Å². The third-order valence-electron chi connectivity index (χ3n) is 2.36. The molecule has 14 heavy (non-hydrogen) atoms. The summed E-state index contributed by atoms with van der Waals surface area (Å²) in [6, 6.07) is 6.15. The summed E-state index contributed by atoms with van der Waals surface area (Å²) >= 11 is 0. The highest BCUT2D eigenvalue weighted by atomic mass is 15.1. The molecule has 2 N–H and O–H groups in total. The number of hydrogen-bond acceptors (Lipinski definition) is 4. The highest BCUT2D eigenvalue weighted by Gasteiger charge is 2.17. The van der Waals surface area contributed by atoms with E-state index >= 15 is 0 Å². The van der Waals surface area contributed by atoms with Crippen molar-refractivity contribution in [3.05, 3.63) is 29.6 Å². The fraction of sp³-hybridized carbons (Fsp3) is 0.400. The van der Waals surface area contributed by atoms with Crippen molar-refractivity contribution in [1.29, 1.82) is 5.26 Å². The Morgan fingerprint density at radius 3 is 3.14 bits per heavy atom. The maximum Gasteiger partial charge on any atom is 0.145 e. The van der Waals surface area contributed by atoms with Crippen LogP contribution in [-0.4, -0.2) is 24.6 Å². The van der Waals surface area contributed by atoms with E-state index in [1.54, 1.807) is 6.20 Å². The summed E-state index contributed by atoms with van der Waals surface area (Å²) in [4.78, 5) is 4.04. The van der Waals surface area contributed by atoms with Gasteiger partial charge in [0.15, 0.2) is 0 Å². The van der Waals surface area contributed by atoms with Crippen LogP contribution in [0.4, 0.5) is 0 Å². The van der Waals surface area contributed by atoms with Crippen molar-refractivity contribution in [2.24, 2.45) is 0 Å². The Kier molecular flexibility index (Phi) is 2.73. The highest BCUT2D eigenvalue weighted by Crippen LogP contribution is 2.15. The second kappa shape index (κ2) is 4.18. The van der Waals surface area contributed by atoms with Gasteiger partial charge in [0, 0.05) is 37.4 Å². The van der Waals surface area contributed by atoms with Crippen LogP contribution in [0, 0.1) is 11.3 Å². The molecule has 2 rings (SSSR count). The molecule has 0 aromatic carbocycles. The zero-order valence-corrected chi connectivity index (χ0v) is 7.83. The molecule has 1 aliphatic heterocycles. The van der Waals surface area contributed by atoms with Crippen LogP contribution >= 0.6 is 0 Å². The Bertz CT molecular complexity index is 349. The predicted octanol–water partition coefficient (Wildman–Crippen LogP) is 0.187.